The van der Waals surface area contributed by atoms with Gasteiger partial charge in [0.1, 0.15) is 18.8 Å². The van der Waals surface area contributed by atoms with Gasteiger partial charge in [0.05, 0.1) is 19.2 Å². The van der Waals surface area contributed by atoms with Crippen molar-refractivity contribution < 1.29 is 29.4 Å². The van der Waals surface area contributed by atoms with Gasteiger partial charge in [0, 0.05) is 19.1 Å². The van der Waals surface area contributed by atoms with Gasteiger partial charge in [-0.1, -0.05) is 13.8 Å². The zero-order valence-corrected chi connectivity index (χ0v) is 13.8. The summed E-state index contributed by atoms with van der Waals surface area (Å²) in [4.78, 5) is 13.7. The Kier molecular flexibility index (Phi) is 5.27. The lowest BCUT2D eigenvalue weighted by Gasteiger charge is -2.34. The Morgan fingerprint density at radius 3 is 2.77 bits per heavy atom. The van der Waals surface area contributed by atoms with Gasteiger partial charge in [0.2, 0.25) is 0 Å². The van der Waals surface area contributed by atoms with Gasteiger partial charge in [0.15, 0.2) is 5.60 Å². The number of carbonyl (C=O) groups excluding carboxylic acids is 1. The summed E-state index contributed by atoms with van der Waals surface area (Å²) in [6, 6.07) is 0.0276. The molecule has 0 amide bonds. The third-order valence-corrected chi connectivity index (χ3v) is 5.16. The maximum atomic E-state index is 12.4. The molecule has 0 aromatic rings. The van der Waals surface area contributed by atoms with E-state index in [2.05, 4.69) is 0 Å². The molecular formula is C16H28NO5+. The maximum absolute atomic E-state index is 12.4. The molecule has 1 unspecified atom stereocenters. The topological polar surface area (TPSA) is 80.4 Å². The first-order valence-corrected chi connectivity index (χ1v) is 7.96. The number of hydrogen-bond donors (Lipinski definition) is 3. The normalized spacial score (nSPS) is 31.6. The fourth-order valence-electron chi connectivity index (χ4n) is 3.52. The Bertz CT molecular complexity index is 450. The lowest BCUT2D eigenvalue weighted by molar-refractivity contribution is -0.897. The fraction of sp³-hybridized carbons (Fsp3) is 0.812. The predicted octanol–water partition coefficient (Wildman–Crippen LogP) is -1.09. The lowest BCUT2D eigenvalue weighted by Crippen LogP contribution is -3.12. The van der Waals surface area contributed by atoms with Gasteiger partial charge < -0.3 is 24.6 Å². The van der Waals surface area contributed by atoms with E-state index in [-0.39, 0.29) is 24.7 Å². The van der Waals surface area contributed by atoms with Crippen LogP contribution in [-0.2, 0) is 14.3 Å². The predicted molar refractivity (Wildman–Crippen MR) is 80.4 cm³/mol. The second-order valence-corrected chi connectivity index (χ2v) is 6.66. The van der Waals surface area contributed by atoms with Crippen LogP contribution >= 0.6 is 0 Å². The highest BCUT2D eigenvalue weighted by Crippen LogP contribution is 2.26. The van der Waals surface area contributed by atoms with Crippen LogP contribution in [0.25, 0.3) is 0 Å². The van der Waals surface area contributed by atoms with Crippen LogP contribution in [0, 0.1) is 5.92 Å². The van der Waals surface area contributed by atoms with Gasteiger partial charge in [-0.05, 0) is 18.9 Å². The molecule has 0 radical (unpaired) electrons. The molecule has 0 aromatic carbocycles. The van der Waals surface area contributed by atoms with Crippen LogP contribution in [0.1, 0.15) is 27.2 Å². The number of fused-ring (bicyclic) bond motifs is 1. The van der Waals surface area contributed by atoms with Crippen molar-refractivity contribution in [3.8, 4) is 0 Å². The van der Waals surface area contributed by atoms with Gasteiger partial charge in [-0.2, -0.15) is 0 Å². The Morgan fingerprint density at radius 1 is 1.50 bits per heavy atom. The van der Waals surface area contributed by atoms with Gasteiger partial charge in [-0.25, -0.2) is 4.79 Å². The minimum absolute atomic E-state index is 0.0276. The summed E-state index contributed by atoms with van der Waals surface area (Å²) >= 11 is 0. The zero-order chi connectivity index (χ0) is 16.5. The van der Waals surface area contributed by atoms with Gasteiger partial charge in [-0.3, -0.25) is 0 Å². The smallest absolute Gasteiger partial charge is 0.341 e. The van der Waals surface area contributed by atoms with Crippen molar-refractivity contribution in [2.75, 3.05) is 26.8 Å². The zero-order valence-electron chi connectivity index (χ0n) is 13.8. The summed E-state index contributed by atoms with van der Waals surface area (Å²) in [6.45, 7) is 7.10. The minimum atomic E-state index is -1.67. The molecule has 126 valence electrons. The number of ether oxygens (including phenoxy) is 2. The Hall–Kier alpha value is -0.950. The van der Waals surface area contributed by atoms with Crippen molar-refractivity contribution in [2.24, 2.45) is 5.92 Å². The Labute approximate surface area is 131 Å². The molecular weight excluding hydrogens is 286 g/mol. The highest BCUT2D eigenvalue weighted by atomic mass is 16.6. The van der Waals surface area contributed by atoms with Crippen molar-refractivity contribution >= 4 is 5.97 Å². The SMILES string of the molecule is CO[C@@H](C)[C@](O)(C(=O)OCC1=CC[NH+]2CC[C@@H](O)[C@@H]12)C(C)C. The number of esters is 1. The molecule has 0 saturated carbocycles. The van der Waals surface area contributed by atoms with Gasteiger partial charge in [-0.15, -0.1) is 0 Å². The van der Waals surface area contributed by atoms with E-state index in [1.54, 1.807) is 20.8 Å². The molecule has 2 aliphatic heterocycles. The van der Waals surface area contributed by atoms with E-state index in [1.165, 1.54) is 12.0 Å². The highest BCUT2D eigenvalue weighted by Gasteiger charge is 2.48. The molecule has 0 spiro atoms. The molecule has 6 nitrogen and oxygen atoms in total. The molecule has 0 aliphatic carbocycles. The summed E-state index contributed by atoms with van der Waals surface area (Å²) in [7, 11) is 1.46. The molecule has 0 bridgehead atoms. The van der Waals surface area contributed by atoms with Crippen molar-refractivity contribution in [3.05, 3.63) is 11.6 Å². The first kappa shape index (κ1) is 17.4. The quantitative estimate of drug-likeness (QED) is 0.429. The third kappa shape index (κ3) is 2.93. The molecule has 5 atom stereocenters. The third-order valence-electron chi connectivity index (χ3n) is 5.16. The second-order valence-electron chi connectivity index (χ2n) is 6.66. The second kappa shape index (κ2) is 6.66. The van der Waals surface area contributed by atoms with Crippen LogP contribution in [0.15, 0.2) is 11.6 Å². The summed E-state index contributed by atoms with van der Waals surface area (Å²) in [5, 5.41) is 20.7. The molecule has 1 fully saturated rings. The van der Waals surface area contributed by atoms with Gasteiger partial charge >= 0.3 is 5.97 Å². The van der Waals surface area contributed by atoms with E-state index < -0.39 is 17.7 Å². The molecule has 3 N–H and O–H groups in total. The number of aliphatic hydroxyl groups excluding tert-OH is 1. The van der Waals surface area contributed by atoms with E-state index in [0.717, 1.165) is 25.1 Å². The number of nitrogens with one attached hydrogen (secondary N) is 1. The largest absolute Gasteiger partial charge is 0.459 e. The van der Waals surface area contributed by atoms with Crippen LogP contribution in [-0.4, -0.2) is 66.8 Å². The Balaban J connectivity index is 2.00. The van der Waals surface area contributed by atoms with Crippen LogP contribution in [0.2, 0.25) is 0 Å². The number of hydrogen-bond acceptors (Lipinski definition) is 5. The first-order chi connectivity index (χ1) is 10.3. The number of methoxy groups -OCH3 is 1. The molecule has 0 aromatic heterocycles. The lowest BCUT2D eigenvalue weighted by atomic mass is 9.85. The molecule has 6 heteroatoms. The van der Waals surface area contributed by atoms with E-state index in [9.17, 15) is 15.0 Å². The fourth-order valence-corrected chi connectivity index (χ4v) is 3.52. The van der Waals surface area contributed by atoms with Crippen LogP contribution < -0.4 is 4.90 Å². The molecule has 2 heterocycles. The summed E-state index contributed by atoms with van der Waals surface area (Å²) in [6.07, 6.45) is 1.78. The van der Waals surface area contributed by atoms with E-state index >= 15 is 0 Å². The summed E-state index contributed by atoms with van der Waals surface area (Å²) in [5.41, 5.74) is -0.723. The Morgan fingerprint density at radius 2 is 2.18 bits per heavy atom. The maximum Gasteiger partial charge on any atom is 0.341 e. The van der Waals surface area contributed by atoms with Crippen LogP contribution in [0.4, 0.5) is 0 Å². The van der Waals surface area contributed by atoms with Crippen molar-refractivity contribution in [1.82, 2.24) is 0 Å². The van der Waals surface area contributed by atoms with E-state index in [0.29, 0.717) is 0 Å². The number of aliphatic hydroxyl groups is 2. The number of carbonyl (C=O) groups is 1. The molecule has 22 heavy (non-hydrogen) atoms. The van der Waals surface area contributed by atoms with Crippen LogP contribution in [0.3, 0.4) is 0 Å². The molecule has 2 aliphatic rings. The molecule has 1 saturated heterocycles. The number of quaternary nitrogens is 1. The summed E-state index contributed by atoms with van der Waals surface area (Å²) in [5.74, 6) is -0.995. The minimum Gasteiger partial charge on any atom is -0.459 e. The van der Waals surface area contributed by atoms with Gasteiger partial charge in [0.25, 0.3) is 0 Å². The monoisotopic (exact) mass is 314 g/mol. The molecule has 2 rings (SSSR count). The van der Waals surface area contributed by atoms with Crippen molar-refractivity contribution in [1.29, 1.82) is 0 Å². The van der Waals surface area contributed by atoms with Crippen molar-refractivity contribution in [2.45, 2.75) is 51.0 Å². The first-order valence-electron chi connectivity index (χ1n) is 7.96. The average Bonchev–Trinajstić information content (AvgIpc) is 3.06. The highest BCUT2D eigenvalue weighted by molar-refractivity contribution is 5.80. The van der Waals surface area contributed by atoms with E-state index in [1.807, 2.05) is 6.08 Å². The average molecular weight is 314 g/mol. The summed E-state index contributed by atoms with van der Waals surface area (Å²) < 4.78 is 10.5. The standard InChI is InChI=1S/C16H27NO5/c1-10(2)16(20,11(3)21-4)15(19)22-9-12-5-7-17-8-6-13(18)14(12)17/h5,10-11,13-14,18,20H,6-9H2,1-4H3/p+1/t11-,13+,14+,16-/m0/s1. The van der Waals surface area contributed by atoms with Crippen LogP contribution in [0.5, 0.6) is 0 Å². The van der Waals surface area contributed by atoms with E-state index in [4.69, 9.17) is 9.47 Å². The van der Waals surface area contributed by atoms with Crippen molar-refractivity contribution in [3.63, 3.8) is 0 Å². The number of rotatable bonds is 6.